The largest absolute Gasteiger partial charge is 0.497 e. The van der Waals surface area contributed by atoms with Crippen LogP contribution in [0.4, 0.5) is 8.78 Å². The summed E-state index contributed by atoms with van der Waals surface area (Å²) in [5, 5.41) is 10.9. The molecule has 1 aromatic heterocycles. The van der Waals surface area contributed by atoms with Gasteiger partial charge in [0.2, 0.25) is 0 Å². The molecular formula is C28H26Cl2F2N2O3. The van der Waals surface area contributed by atoms with E-state index in [1.165, 1.54) is 25.4 Å². The van der Waals surface area contributed by atoms with Crippen molar-refractivity contribution in [3.05, 3.63) is 69.6 Å². The summed E-state index contributed by atoms with van der Waals surface area (Å²) in [6.07, 6.45) is 0.922. The number of aromatic nitrogens is 1. The van der Waals surface area contributed by atoms with E-state index in [0.29, 0.717) is 60.3 Å². The summed E-state index contributed by atoms with van der Waals surface area (Å²) < 4.78 is 34.4. The third kappa shape index (κ3) is 6.15. The lowest BCUT2D eigenvalue weighted by Gasteiger charge is -2.38. The first kappa shape index (κ1) is 27.1. The number of benzene rings is 2. The van der Waals surface area contributed by atoms with Crippen molar-refractivity contribution in [1.82, 2.24) is 9.88 Å². The molecule has 1 aliphatic heterocycles. The average Bonchev–Trinajstić information content (AvgIpc) is 2.89. The molecule has 5 nitrogen and oxygen atoms in total. The predicted molar refractivity (Wildman–Crippen MR) is 140 cm³/mol. The molecule has 0 saturated carbocycles. The third-order valence-corrected chi connectivity index (χ3v) is 7.59. The van der Waals surface area contributed by atoms with Crippen molar-refractivity contribution in [2.75, 3.05) is 26.7 Å². The van der Waals surface area contributed by atoms with Gasteiger partial charge < -0.3 is 9.84 Å². The monoisotopic (exact) mass is 546 g/mol. The molecule has 1 N–H and O–H groups in total. The third-order valence-electron chi connectivity index (χ3n) is 6.98. The Labute approximate surface area is 224 Å². The SMILES string of the molecule is COc1ccc2ncc(Cl)c([C@H](F)CCC3(C(=O)O)CCN(CC#Cc4ccc(Cl)c(F)c4)CC3)c2c1. The highest BCUT2D eigenvalue weighted by atomic mass is 35.5. The summed E-state index contributed by atoms with van der Waals surface area (Å²) in [5.74, 6) is 5.03. The fourth-order valence-electron chi connectivity index (χ4n) is 4.70. The van der Waals surface area contributed by atoms with Crippen LogP contribution in [-0.2, 0) is 4.79 Å². The molecule has 0 aliphatic carbocycles. The van der Waals surface area contributed by atoms with Crippen molar-refractivity contribution in [2.24, 2.45) is 5.41 Å². The maximum Gasteiger partial charge on any atom is 0.309 e. The molecule has 2 heterocycles. The second kappa shape index (κ2) is 11.6. The number of alkyl halides is 1. The number of hydrogen-bond donors (Lipinski definition) is 1. The van der Waals surface area contributed by atoms with Crippen LogP contribution in [0.5, 0.6) is 5.75 Å². The lowest BCUT2D eigenvalue weighted by Crippen LogP contribution is -2.44. The molecule has 1 fully saturated rings. The van der Waals surface area contributed by atoms with Crippen LogP contribution in [0.3, 0.4) is 0 Å². The Balaban J connectivity index is 1.41. The number of hydrogen-bond acceptors (Lipinski definition) is 4. The first-order chi connectivity index (χ1) is 17.7. The number of carboxylic acids is 1. The van der Waals surface area contributed by atoms with Gasteiger partial charge in [-0.2, -0.15) is 0 Å². The van der Waals surface area contributed by atoms with E-state index >= 15 is 4.39 Å². The predicted octanol–water partition coefficient (Wildman–Crippen LogP) is 6.70. The number of aliphatic carboxylic acids is 1. The lowest BCUT2D eigenvalue weighted by atomic mass is 9.74. The topological polar surface area (TPSA) is 62.7 Å². The van der Waals surface area contributed by atoms with Crippen LogP contribution in [0.25, 0.3) is 10.9 Å². The first-order valence-electron chi connectivity index (χ1n) is 11.9. The van der Waals surface area contributed by atoms with Crippen LogP contribution in [0, 0.1) is 23.1 Å². The van der Waals surface area contributed by atoms with E-state index in [-0.39, 0.29) is 22.9 Å². The van der Waals surface area contributed by atoms with Crippen LogP contribution >= 0.6 is 23.2 Å². The van der Waals surface area contributed by atoms with Gasteiger partial charge >= 0.3 is 5.97 Å². The number of fused-ring (bicyclic) bond motifs is 1. The maximum absolute atomic E-state index is 15.6. The molecule has 1 saturated heterocycles. The van der Waals surface area contributed by atoms with Crippen molar-refractivity contribution in [3.8, 4) is 17.6 Å². The smallest absolute Gasteiger partial charge is 0.309 e. The highest BCUT2D eigenvalue weighted by Gasteiger charge is 2.41. The Kier molecular flexibility index (Phi) is 8.53. The van der Waals surface area contributed by atoms with Gasteiger partial charge in [0.25, 0.3) is 0 Å². The number of rotatable bonds is 7. The van der Waals surface area contributed by atoms with Crippen LogP contribution < -0.4 is 4.74 Å². The number of pyridine rings is 1. The highest BCUT2D eigenvalue weighted by molar-refractivity contribution is 6.32. The molecule has 194 valence electrons. The Hall–Kier alpha value is -2.92. The first-order valence-corrected chi connectivity index (χ1v) is 12.6. The number of likely N-dealkylation sites (tertiary alicyclic amines) is 1. The number of carbonyl (C=O) groups is 1. The second-order valence-electron chi connectivity index (χ2n) is 9.20. The van der Waals surface area contributed by atoms with Crippen molar-refractivity contribution in [3.63, 3.8) is 0 Å². The van der Waals surface area contributed by atoms with Gasteiger partial charge in [0, 0.05) is 35.8 Å². The minimum Gasteiger partial charge on any atom is -0.497 e. The Morgan fingerprint density at radius 2 is 1.97 bits per heavy atom. The summed E-state index contributed by atoms with van der Waals surface area (Å²) in [6, 6.07) is 9.56. The van der Waals surface area contributed by atoms with Crippen LogP contribution in [0.15, 0.2) is 42.6 Å². The molecule has 3 aromatic rings. The van der Waals surface area contributed by atoms with E-state index in [0.717, 1.165) is 0 Å². The maximum atomic E-state index is 15.6. The van der Waals surface area contributed by atoms with Crippen molar-refractivity contribution in [1.29, 1.82) is 0 Å². The number of nitrogens with zero attached hydrogens (tertiary/aromatic N) is 2. The van der Waals surface area contributed by atoms with E-state index in [1.54, 1.807) is 24.3 Å². The zero-order valence-electron chi connectivity index (χ0n) is 20.2. The molecule has 1 aliphatic rings. The average molecular weight is 547 g/mol. The van der Waals surface area contributed by atoms with E-state index in [4.69, 9.17) is 27.9 Å². The number of piperidine rings is 1. The molecule has 37 heavy (non-hydrogen) atoms. The highest BCUT2D eigenvalue weighted by Crippen LogP contribution is 2.42. The molecule has 0 amide bonds. The fraction of sp³-hybridized carbons (Fsp3) is 0.357. The van der Waals surface area contributed by atoms with Gasteiger partial charge in [-0.05, 0) is 62.1 Å². The zero-order valence-corrected chi connectivity index (χ0v) is 21.8. The van der Waals surface area contributed by atoms with Gasteiger partial charge in [-0.25, -0.2) is 8.78 Å². The molecule has 4 rings (SSSR count). The minimum atomic E-state index is -1.45. The van der Waals surface area contributed by atoms with Gasteiger partial charge in [-0.15, -0.1) is 0 Å². The lowest BCUT2D eigenvalue weighted by molar-refractivity contribution is -0.152. The van der Waals surface area contributed by atoms with Gasteiger partial charge in [-0.3, -0.25) is 14.7 Å². The Morgan fingerprint density at radius 1 is 1.22 bits per heavy atom. The van der Waals surface area contributed by atoms with Gasteiger partial charge in [0.1, 0.15) is 17.7 Å². The summed E-state index contributed by atoms with van der Waals surface area (Å²) in [7, 11) is 1.53. The molecule has 0 bridgehead atoms. The molecule has 0 spiro atoms. The van der Waals surface area contributed by atoms with Crippen LogP contribution in [-0.4, -0.2) is 47.7 Å². The standard InChI is InChI=1S/C28H26Cl2F2N2O3/c1-37-19-5-7-25-20(16-19)26(22(30)17-33-25)23(31)8-9-28(27(35)36)10-13-34(14-11-28)12-2-3-18-4-6-21(29)24(32)15-18/h4-7,15-17,23H,8-14H2,1H3,(H,35,36)/t23-/m1/s1. The Morgan fingerprint density at radius 3 is 2.65 bits per heavy atom. The zero-order chi connectivity index (χ0) is 26.6. The number of methoxy groups -OCH3 is 1. The number of carboxylic acid groups (broad SMARTS) is 1. The van der Waals surface area contributed by atoms with E-state index in [9.17, 15) is 14.3 Å². The van der Waals surface area contributed by atoms with Crippen molar-refractivity contribution < 1.29 is 23.4 Å². The normalized spacial score (nSPS) is 16.1. The molecule has 0 radical (unpaired) electrons. The minimum absolute atomic E-state index is 0.0181. The number of ether oxygens (including phenoxy) is 1. The van der Waals surface area contributed by atoms with Crippen molar-refractivity contribution >= 4 is 40.1 Å². The van der Waals surface area contributed by atoms with Gasteiger partial charge in [0.05, 0.1) is 34.6 Å². The summed E-state index contributed by atoms with van der Waals surface area (Å²) in [6.45, 7) is 1.46. The van der Waals surface area contributed by atoms with E-state index in [1.807, 2.05) is 4.90 Å². The van der Waals surface area contributed by atoms with Gasteiger partial charge in [-0.1, -0.05) is 35.0 Å². The van der Waals surface area contributed by atoms with E-state index in [2.05, 4.69) is 16.8 Å². The summed E-state index contributed by atoms with van der Waals surface area (Å²) >= 11 is 12.0. The molecule has 9 heteroatoms. The number of halogens is 4. The summed E-state index contributed by atoms with van der Waals surface area (Å²) in [5.41, 5.74) is 0.386. The quantitative estimate of drug-likeness (QED) is 0.334. The fourth-order valence-corrected chi connectivity index (χ4v) is 5.08. The van der Waals surface area contributed by atoms with Gasteiger partial charge in [0.15, 0.2) is 0 Å². The Bertz CT molecular complexity index is 1360. The van der Waals surface area contributed by atoms with Crippen LogP contribution in [0.2, 0.25) is 10.0 Å². The van der Waals surface area contributed by atoms with Crippen LogP contribution in [0.1, 0.15) is 43.0 Å². The molecule has 2 aromatic carbocycles. The summed E-state index contributed by atoms with van der Waals surface area (Å²) in [4.78, 5) is 18.6. The molecule has 1 atom stereocenters. The second-order valence-corrected chi connectivity index (χ2v) is 10.0. The van der Waals surface area contributed by atoms with Crippen molar-refractivity contribution in [2.45, 2.75) is 31.9 Å². The molecule has 0 unspecified atom stereocenters. The molecular weight excluding hydrogens is 521 g/mol. The van der Waals surface area contributed by atoms with E-state index < -0.39 is 23.4 Å².